The second-order valence-corrected chi connectivity index (χ2v) is 5.25. The van der Waals surface area contributed by atoms with E-state index in [0.29, 0.717) is 12.2 Å². The van der Waals surface area contributed by atoms with Crippen LogP contribution in [-0.4, -0.2) is 31.3 Å². The lowest BCUT2D eigenvalue weighted by Crippen LogP contribution is -2.45. The number of hydrogen-bond acceptors (Lipinski definition) is 4. The molecule has 0 saturated carbocycles. The van der Waals surface area contributed by atoms with Crippen molar-refractivity contribution in [2.45, 2.75) is 31.8 Å². The summed E-state index contributed by atoms with van der Waals surface area (Å²) in [5.74, 6) is 0.576. The third-order valence-corrected chi connectivity index (χ3v) is 3.93. The summed E-state index contributed by atoms with van der Waals surface area (Å²) in [4.78, 5) is 11.7. The van der Waals surface area contributed by atoms with Gasteiger partial charge in [-0.15, -0.1) is 0 Å². The molecule has 4 heteroatoms. The summed E-state index contributed by atoms with van der Waals surface area (Å²) in [7, 11) is 0. The van der Waals surface area contributed by atoms with E-state index >= 15 is 0 Å². The van der Waals surface area contributed by atoms with E-state index in [1.54, 1.807) is 0 Å². The van der Waals surface area contributed by atoms with E-state index in [9.17, 15) is 4.79 Å². The third-order valence-electron chi connectivity index (χ3n) is 3.93. The molecule has 0 bridgehead atoms. The lowest BCUT2D eigenvalue weighted by Gasteiger charge is -2.33. The van der Waals surface area contributed by atoms with Gasteiger partial charge in [-0.05, 0) is 50.6 Å². The molecule has 1 N–H and O–H groups in total. The van der Waals surface area contributed by atoms with Gasteiger partial charge < -0.3 is 14.8 Å². The Morgan fingerprint density at radius 2 is 2.21 bits per heavy atom. The van der Waals surface area contributed by atoms with Crippen LogP contribution in [0.4, 0.5) is 0 Å². The van der Waals surface area contributed by atoms with Crippen LogP contribution < -0.4 is 10.1 Å². The Morgan fingerprint density at radius 3 is 2.95 bits per heavy atom. The van der Waals surface area contributed by atoms with Gasteiger partial charge in [-0.1, -0.05) is 6.07 Å². The molecule has 2 heterocycles. The first kappa shape index (κ1) is 12.5. The lowest BCUT2D eigenvalue weighted by atomic mass is 9.88. The highest BCUT2D eigenvalue weighted by Gasteiger charge is 2.40. The summed E-state index contributed by atoms with van der Waals surface area (Å²) in [5.41, 5.74) is 1.72. The van der Waals surface area contributed by atoms with Gasteiger partial charge in [-0.2, -0.15) is 0 Å². The van der Waals surface area contributed by atoms with Crippen LogP contribution in [0.25, 0.3) is 0 Å². The van der Waals surface area contributed by atoms with Crippen molar-refractivity contribution in [3.8, 4) is 5.75 Å². The van der Waals surface area contributed by atoms with E-state index in [-0.39, 0.29) is 11.6 Å². The fraction of sp³-hybridized carbons (Fsp3) is 0.533. The number of carbonyl (C=O) groups is 1. The largest absolute Gasteiger partial charge is 0.487 e. The van der Waals surface area contributed by atoms with Gasteiger partial charge in [0.1, 0.15) is 11.4 Å². The fourth-order valence-electron chi connectivity index (χ4n) is 2.91. The minimum absolute atomic E-state index is 0.0547. The normalized spacial score (nSPS) is 19.8. The Bertz CT molecular complexity index is 492. The minimum Gasteiger partial charge on any atom is -0.487 e. The maximum Gasteiger partial charge on any atom is 0.338 e. The second kappa shape index (κ2) is 4.85. The zero-order valence-electron chi connectivity index (χ0n) is 11.2. The molecule has 0 atom stereocenters. The van der Waals surface area contributed by atoms with Crippen LogP contribution in [0.5, 0.6) is 5.75 Å². The van der Waals surface area contributed by atoms with Gasteiger partial charge in [0.15, 0.2) is 0 Å². The van der Waals surface area contributed by atoms with Crippen molar-refractivity contribution in [1.29, 1.82) is 0 Å². The predicted molar refractivity (Wildman–Crippen MR) is 71.6 cm³/mol. The fourth-order valence-corrected chi connectivity index (χ4v) is 2.91. The summed E-state index contributed by atoms with van der Waals surface area (Å²) >= 11 is 0. The van der Waals surface area contributed by atoms with Crippen LogP contribution in [0.15, 0.2) is 18.2 Å². The Morgan fingerprint density at radius 1 is 1.42 bits per heavy atom. The molecule has 1 fully saturated rings. The predicted octanol–water partition coefficient (Wildman–Crippen LogP) is 1.92. The van der Waals surface area contributed by atoms with Crippen molar-refractivity contribution in [2.75, 3.05) is 19.7 Å². The van der Waals surface area contributed by atoms with Gasteiger partial charge in [0.05, 0.1) is 12.2 Å². The molecule has 0 unspecified atom stereocenters. The van der Waals surface area contributed by atoms with Crippen molar-refractivity contribution in [3.05, 3.63) is 29.3 Å². The number of nitrogens with one attached hydrogen (secondary N) is 1. The summed E-state index contributed by atoms with van der Waals surface area (Å²) in [6.45, 7) is 4.20. The molecule has 2 aliphatic rings. The molecule has 102 valence electrons. The van der Waals surface area contributed by atoms with Gasteiger partial charge in [-0.25, -0.2) is 4.79 Å². The summed E-state index contributed by atoms with van der Waals surface area (Å²) in [6, 6.07) is 5.66. The molecule has 0 aliphatic carbocycles. The lowest BCUT2D eigenvalue weighted by molar-refractivity contribution is 0.0517. The molecule has 1 saturated heterocycles. The maximum absolute atomic E-state index is 11.7. The highest BCUT2D eigenvalue weighted by atomic mass is 16.5. The van der Waals surface area contributed by atoms with E-state index in [1.807, 2.05) is 25.1 Å². The molecular formula is C15H19NO3. The molecule has 0 aromatic heterocycles. The summed E-state index contributed by atoms with van der Waals surface area (Å²) < 4.78 is 11.2. The SMILES string of the molecule is CCOC(=O)c1ccc2c(c1)OC1(CCNCC1)C2. The molecule has 0 amide bonds. The topological polar surface area (TPSA) is 47.6 Å². The van der Waals surface area contributed by atoms with Gasteiger partial charge in [-0.3, -0.25) is 0 Å². The highest BCUT2D eigenvalue weighted by Crippen LogP contribution is 2.40. The first-order valence-electron chi connectivity index (χ1n) is 6.92. The van der Waals surface area contributed by atoms with Crippen molar-refractivity contribution < 1.29 is 14.3 Å². The quantitative estimate of drug-likeness (QED) is 0.826. The number of ether oxygens (including phenoxy) is 2. The molecule has 1 spiro atoms. The Balaban J connectivity index is 1.81. The summed E-state index contributed by atoms with van der Waals surface area (Å²) in [5, 5.41) is 3.35. The molecule has 3 rings (SSSR count). The van der Waals surface area contributed by atoms with E-state index in [2.05, 4.69) is 5.32 Å². The van der Waals surface area contributed by atoms with Crippen molar-refractivity contribution >= 4 is 5.97 Å². The maximum atomic E-state index is 11.7. The average Bonchev–Trinajstić information content (AvgIpc) is 2.76. The van der Waals surface area contributed by atoms with Crippen LogP contribution in [0.3, 0.4) is 0 Å². The second-order valence-electron chi connectivity index (χ2n) is 5.25. The van der Waals surface area contributed by atoms with Crippen molar-refractivity contribution in [1.82, 2.24) is 5.32 Å². The zero-order chi connectivity index (χ0) is 13.3. The number of rotatable bonds is 2. The van der Waals surface area contributed by atoms with Crippen molar-refractivity contribution in [2.24, 2.45) is 0 Å². The Labute approximate surface area is 113 Å². The van der Waals surface area contributed by atoms with E-state index in [0.717, 1.165) is 38.1 Å². The molecule has 19 heavy (non-hydrogen) atoms. The van der Waals surface area contributed by atoms with Crippen LogP contribution in [0, 0.1) is 0 Å². The van der Waals surface area contributed by atoms with E-state index in [4.69, 9.17) is 9.47 Å². The molecule has 4 nitrogen and oxygen atoms in total. The Hall–Kier alpha value is -1.55. The van der Waals surface area contributed by atoms with E-state index in [1.165, 1.54) is 5.56 Å². The smallest absolute Gasteiger partial charge is 0.338 e. The van der Waals surface area contributed by atoms with Gasteiger partial charge >= 0.3 is 5.97 Å². The number of esters is 1. The standard InChI is InChI=1S/C15H19NO3/c1-2-18-14(17)11-3-4-12-10-15(19-13(12)9-11)5-7-16-8-6-15/h3-4,9,16H,2,5-8,10H2,1H3. The monoisotopic (exact) mass is 261 g/mol. The molecule has 1 aromatic carbocycles. The zero-order valence-corrected chi connectivity index (χ0v) is 11.2. The van der Waals surface area contributed by atoms with Gasteiger partial charge in [0.2, 0.25) is 0 Å². The number of hydrogen-bond donors (Lipinski definition) is 1. The van der Waals surface area contributed by atoms with E-state index < -0.39 is 0 Å². The van der Waals surface area contributed by atoms with Crippen LogP contribution in [-0.2, 0) is 11.2 Å². The molecule has 1 aromatic rings. The molecule has 2 aliphatic heterocycles. The number of carbonyl (C=O) groups excluding carboxylic acids is 1. The third kappa shape index (κ3) is 2.32. The number of benzene rings is 1. The Kier molecular flexibility index (Phi) is 3.19. The van der Waals surface area contributed by atoms with Gasteiger partial charge in [0.25, 0.3) is 0 Å². The van der Waals surface area contributed by atoms with Crippen molar-refractivity contribution in [3.63, 3.8) is 0 Å². The first-order chi connectivity index (χ1) is 9.22. The van der Waals surface area contributed by atoms with Crippen LogP contribution in [0.2, 0.25) is 0 Å². The first-order valence-corrected chi connectivity index (χ1v) is 6.92. The number of fused-ring (bicyclic) bond motifs is 1. The van der Waals surface area contributed by atoms with Crippen LogP contribution >= 0.6 is 0 Å². The highest BCUT2D eigenvalue weighted by molar-refractivity contribution is 5.90. The summed E-state index contributed by atoms with van der Waals surface area (Å²) in [6.07, 6.45) is 3.00. The number of piperidine rings is 1. The average molecular weight is 261 g/mol. The minimum atomic E-state index is -0.278. The van der Waals surface area contributed by atoms with Gasteiger partial charge in [0, 0.05) is 6.42 Å². The molecule has 0 radical (unpaired) electrons. The van der Waals surface area contributed by atoms with Crippen LogP contribution in [0.1, 0.15) is 35.7 Å². The molecular weight excluding hydrogens is 242 g/mol.